The summed E-state index contributed by atoms with van der Waals surface area (Å²) in [6.45, 7) is 1.99. The third-order valence-corrected chi connectivity index (χ3v) is 2.79. The highest BCUT2D eigenvalue weighted by Crippen LogP contribution is 2.23. The minimum absolute atomic E-state index is 0.00528. The maximum absolute atomic E-state index is 8.73. The van der Waals surface area contributed by atoms with Crippen LogP contribution in [0.3, 0.4) is 0 Å². The van der Waals surface area contributed by atoms with Crippen LogP contribution in [0.1, 0.15) is 11.1 Å². The molecular formula is C14H8ClN3. The standard InChI is InChI=1S/C14H8ClN3/c1-9-2-3-13-11(4-9)6-12(14(15)18-13)5-10(7-16)8-17/h2-6H,1H3. The smallest absolute Gasteiger partial charge is 0.137 e. The summed E-state index contributed by atoms with van der Waals surface area (Å²) < 4.78 is 0. The molecule has 0 unspecified atom stereocenters. The summed E-state index contributed by atoms with van der Waals surface area (Å²) in [6.07, 6.45) is 1.44. The van der Waals surface area contributed by atoms with E-state index in [4.69, 9.17) is 22.1 Å². The number of nitriles is 2. The molecule has 0 saturated carbocycles. The lowest BCUT2D eigenvalue weighted by Crippen LogP contribution is -1.86. The third-order valence-electron chi connectivity index (χ3n) is 2.49. The van der Waals surface area contributed by atoms with Gasteiger partial charge in [-0.05, 0) is 31.2 Å². The molecule has 0 spiro atoms. The van der Waals surface area contributed by atoms with Crippen molar-refractivity contribution in [1.29, 1.82) is 10.5 Å². The highest BCUT2D eigenvalue weighted by atomic mass is 35.5. The first-order valence-corrected chi connectivity index (χ1v) is 5.60. The second kappa shape index (κ2) is 4.87. The van der Waals surface area contributed by atoms with Crippen LogP contribution in [0.15, 0.2) is 29.8 Å². The van der Waals surface area contributed by atoms with E-state index < -0.39 is 0 Å². The van der Waals surface area contributed by atoms with Gasteiger partial charge in [-0.3, -0.25) is 0 Å². The van der Waals surface area contributed by atoms with Crippen LogP contribution < -0.4 is 0 Å². The molecule has 1 aromatic heterocycles. The third kappa shape index (κ3) is 2.32. The van der Waals surface area contributed by atoms with E-state index in [-0.39, 0.29) is 10.7 Å². The number of rotatable bonds is 1. The zero-order valence-electron chi connectivity index (χ0n) is 9.61. The Hall–Kier alpha value is -2.36. The molecule has 4 heteroatoms. The monoisotopic (exact) mass is 253 g/mol. The Morgan fingerprint density at radius 2 is 2.00 bits per heavy atom. The number of aryl methyl sites for hydroxylation is 1. The van der Waals surface area contributed by atoms with Crippen molar-refractivity contribution in [2.45, 2.75) is 6.92 Å². The number of fused-ring (bicyclic) bond motifs is 1. The van der Waals surface area contributed by atoms with Crippen molar-refractivity contribution in [2.24, 2.45) is 0 Å². The van der Waals surface area contributed by atoms with Gasteiger partial charge in [-0.2, -0.15) is 10.5 Å². The van der Waals surface area contributed by atoms with E-state index in [1.807, 2.05) is 31.2 Å². The summed E-state index contributed by atoms with van der Waals surface area (Å²) in [6, 6.07) is 11.3. The van der Waals surface area contributed by atoms with Gasteiger partial charge in [0.25, 0.3) is 0 Å². The lowest BCUT2D eigenvalue weighted by Gasteiger charge is -2.03. The Morgan fingerprint density at radius 1 is 1.28 bits per heavy atom. The summed E-state index contributed by atoms with van der Waals surface area (Å²) in [5, 5.41) is 18.7. The molecule has 0 radical (unpaired) electrons. The molecule has 2 aromatic rings. The van der Waals surface area contributed by atoms with E-state index in [1.165, 1.54) is 6.08 Å². The molecule has 1 aromatic carbocycles. The van der Waals surface area contributed by atoms with Crippen molar-refractivity contribution in [3.63, 3.8) is 0 Å². The van der Waals surface area contributed by atoms with Crippen LogP contribution >= 0.6 is 11.6 Å². The van der Waals surface area contributed by atoms with Gasteiger partial charge in [0.15, 0.2) is 0 Å². The number of nitrogens with zero attached hydrogens (tertiary/aromatic N) is 3. The van der Waals surface area contributed by atoms with Crippen LogP contribution in [-0.2, 0) is 0 Å². The van der Waals surface area contributed by atoms with Gasteiger partial charge < -0.3 is 0 Å². The first kappa shape index (κ1) is 12.1. The second-order valence-corrected chi connectivity index (χ2v) is 4.20. The minimum Gasteiger partial charge on any atom is -0.235 e. The fourth-order valence-corrected chi connectivity index (χ4v) is 1.84. The highest BCUT2D eigenvalue weighted by molar-refractivity contribution is 6.31. The summed E-state index contributed by atoms with van der Waals surface area (Å²) in [4.78, 5) is 4.24. The summed E-state index contributed by atoms with van der Waals surface area (Å²) >= 11 is 6.03. The van der Waals surface area contributed by atoms with Crippen LogP contribution in [0.2, 0.25) is 5.15 Å². The van der Waals surface area contributed by atoms with Crippen LogP contribution in [0.25, 0.3) is 17.0 Å². The van der Waals surface area contributed by atoms with Gasteiger partial charge in [-0.25, -0.2) is 4.98 Å². The average Bonchev–Trinajstić information content (AvgIpc) is 2.36. The van der Waals surface area contributed by atoms with E-state index in [9.17, 15) is 0 Å². The van der Waals surface area contributed by atoms with Crippen LogP contribution in [0.5, 0.6) is 0 Å². The average molecular weight is 254 g/mol. The number of pyridine rings is 1. The molecule has 0 amide bonds. The molecule has 1 heterocycles. The molecule has 86 valence electrons. The maximum atomic E-state index is 8.73. The molecule has 2 rings (SSSR count). The van der Waals surface area contributed by atoms with E-state index in [1.54, 1.807) is 12.1 Å². The Balaban J connectivity index is 2.67. The van der Waals surface area contributed by atoms with E-state index in [0.717, 1.165) is 16.5 Å². The fraction of sp³-hybridized carbons (Fsp3) is 0.0714. The van der Waals surface area contributed by atoms with Crippen LogP contribution in [-0.4, -0.2) is 4.98 Å². The maximum Gasteiger partial charge on any atom is 0.137 e. The number of hydrogen-bond acceptors (Lipinski definition) is 3. The Bertz CT molecular complexity index is 717. The molecule has 0 bridgehead atoms. The molecule has 0 aliphatic rings. The summed E-state index contributed by atoms with van der Waals surface area (Å²) in [5.74, 6) is 0. The number of aromatic nitrogens is 1. The van der Waals surface area contributed by atoms with Gasteiger partial charge >= 0.3 is 0 Å². The number of benzene rings is 1. The molecule has 18 heavy (non-hydrogen) atoms. The Labute approximate surface area is 110 Å². The molecule has 0 saturated heterocycles. The lowest BCUT2D eigenvalue weighted by molar-refractivity contribution is 1.38. The van der Waals surface area contributed by atoms with Crippen LogP contribution in [0, 0.1) is 29.6 Å². The molecule has 0 fully saturated rings. The zero-order chi connectivity index (χ0) is 13.1. The largest absolute Gasteiger partial charge is 0.235 e. The van der Waals surface area contributed by atoms with Crippen molar-refractivity contribution in [3.05, 3.63) is 46.1 Å². The fourth-order valence-electron chi connectivity index (χ4n) is 1.64. The number of halogens is 1. The van der Waals surface area contributed by atoms with Gasteiger partial charge in [0.2, 0.25) is 0 Å². The molecular weight excluding hydrogens is 246 g/mol. The summed E-state index contributed by atoms with van der Waals surface area (Å²) in [5.41, 5.74) is 2.49. The molecule has 0 atom stereocenters. The van der Waals surface area contributed by atoms with Gasteiger partial charge in [-0.1, -0.05) is 23.2 Å². The second-order valence-electron chi connectivity index (χ2n) is 3.85. The van der Waals surface area contributed by atoms with Gasteiger partial charge in [0.1, 0.15) is 22.9 Å². The van der Waals surface area contributed by atoms with Gasteiger partial charge in [-0.15, -0.1) is 0 Å². The predicted molar refractivity (Wildman–Crippen MR) is 70.7 cm³/mol. The van der Waals surface area contributed by atoms with E-state index in [2.05, 4.69) is 4.98 Å². The van der Waals surface area contributed by atoms with E-state index >= 15 is 0 Å². The van der Waals surface area contributed by atoms with Crippen molar-refractivity contribution in [2.75, 3.05) is 0 Å². The SMILES string of the molecule is Cc1ccc2nc(Cl)c(C=C(C#N)C#N)cc2c1. The topological polar surface area (TPSA) is 60.5 Å². The van der Waals surface area contributed by atoms with E-state index in [0.29, 0.717) is 5.56 Å². The van der Waals surface area contributed by atoms with Crippen LogP contribution in [0.4, 0.5) is 0 Å². The molecule has 0 N–H and O–H groups in total. The first-order chi connectivity index (χ1) is 8.63. The van der Waals surface area contributed by atoms with Crippen molar-refractivity contribution < 1.29 is 0 Å². The minimum atomic E-state index is 0.00528. The first-order valence-electron chi connectivity index (χ1n) is 5.23. The van der Waals surface area contributed by atoms with Crippen molar-refractivity contribution >= 4 is 28.6 Å². The molecule has 3 nitrogen and oxygen atoms in total. The number of hydrogen-bond donors (Lipinski definition) is 0. The Kier molecular flexibility index (Phi) is 3.28. The number of allylic oxidation sites excluding steroid dienone is 1. The highest BCUT2D eigenvalue weighted by Gasteiger charge is 2.04. The quantitative estimate of drug-likeness (QED) is 0.576. The lowest BCUT2D eigenvalue weighted by atomic mass is 10.1. The molecule has 0 aliphatic carbocycles. The predicted octanol–water partition coefficient (Wildman–Crippen LogP) is 3.63. The zero-order valence-corrected chi connectivity index (χ0v) is 10.4. The Morgan fingerprint density at radius 3 is 2.67 bits per heavy atom. The van der Waals surface area contributed by atoms with Crippen molar-refractivity contribution in [3.8, 4) is 12.1 Å². The summed E-state index contributed by atoms with van der Waals surface area (Å²) in [7, 11) is 0. The van der Waals surface area contributed by atoms with Gasteiger partial charge in [0.05, 0.1) is 5.52 Å². The molecule has 0 aliphatic heterocycles. The normalized spacial score (nSPS) is 9.56. The van der Waals surface area contributed by atoms with Gasteiger partial charge in [0, 0.05) is 10.9 Å². The van der Waals surface area contributed by atoms with Crippen molar-refractivity contribution in [1.82, 2.24) is 4.98 Å².